The molecule has 0 aliphatic carbocycles. The number of rotatable bonds is 2. The smallest absolute Gasteiger partial charge is 0.152 e. The monoisotopic (exact) mass is 248 g/mol. The van der Waals surface area contributed by atoms with Gasteiger partial charge in [0, 0.05) is 0 Å². The first kappa shape index (κ1) is 9.87. The summed E-state index contributed by atoms with van der Waals surface area (Å²) in [4.78, 5) is 0. The van der Waals surface area contributed by atoms with Gasteiger partial charge in [-0.3, -0.25) is 0 Å². The molecule has 1 aromatic carbocycles. The van der Waals surface area contributed by atoms with Crippen LogP contribution in [0.5, 0.6) is 5.75 Å². The highest BCUT2D eigenvalue weighted by Gasteiger charge is 2.07. The average molecular weight is 250 g/mol. The second kappa shape index (κ2) is 4.15. The van der Waals surface area contributed by atoms with Crippen LogP contribution in [0.1, 0.15) is 12.5 Å². The van der Waals surface area contributed by atoms with E-state index >= 15 is 0 Å². The third-order valence-corrected chi connectivity index (χ3v) is 2.81. The SMILES string of the molecule is CCOc1c(Cl)ccc(C)c1Br. The lowest BCUT2D eigenvalue weighted by molar-refractivity contribution is 0.338. The third-order valence-electron chi connectivity index (χ3n) is 1.53. The second-order valence-electron chi connectivity index (χ2n) is 2.44. The summed E-state index contributed by atoms with van der Waals surface area (Å²) >= 11 is 9.35. The Hall–Kier alpha value is -0.210. The number of benzene rings is 1. The summed E-state index contributed by atoms with van der Waals surface area (Å²) in [6.07, 6.45) is 0. The quantitative estimate of drug-likeness (QED) is 0.774. The van der Waals surface area contributed by atoms with Crippen molar-refractivity contribution in [2.45, 2.75) is 13.8 Å². The molecule has 12 heavy (non-hydrogen) atoms. The van der Waals surface area contributed by atoms with Crippen LogP contribution in [0, 0.1) is 6.92 Å². The van der Waals surface area contributed by atoms with Gasteiger partial charge in [-0.2, -0.15) is 0 Å². The van der Waals surface area contributed by atoms with E-state index in [9.17, 15) is 0 Å². The van der Waals surface area contributed by atoms with Crippen LogP contribution < -0.4 is 4.74 Å². The largest absolute Gasteiger partial charge is 0.491 e. The summed E-state index contributed by atoms with van der Waals surface area (Å²) in [7, 11) is 0. The fourth-order valence-electron chi connectivity index (χ4n) is 0.908. The van der Waals surface area contributed by atoms with Crippen molar-refractivity contribution >= 4 is 27.5 Å². The van der Waals surface area contributed by atoms with Gasteiger partial charge in [-0.25, -0.2) is 0 Å². The molecule has 1 rings (SSSR count). The predicted molar refractivity (Wildman–Crippen MR) is 55.1 cm³/mol. The summed E-state index contributed by atoms with van der Waals surface area (Å²) in [6.45, 7) is 4.57. The maximum atomic E-state index is 5.93. The van der Waals surface area contributed by atoms with E-state index in [2.05, 4.69) is 15.9 Å². The Labute approximate surface area is 85.8 Å². The molecule has 0 N–H and O–H groups in total. The van der Waals surface area contributed by atoms with Crippen LogP contribution in [0.15, 0.2) is 16.6 Å². The Morgan fingerprint density at radius 1 is 1.50 bits per heavy atom. The molecule has 0 amide bonds. The molecular formula is C9H10BrClO. The Kier molecular flexibility index (Phi) is 3.41. The lowest BCUT2D eigenvalue weighted by Gasteiger charge is -2.09. The van der Waals surface area contributed by atoms with Gasteiger partial charge in [0.2, 0.25) is 0 Å². The number of halogens is 2. The normalized spacial score (nSPS) is 10.0. The van der Waals surface area contributed by atoms with Gasteiger partial charge < -0.3 is 4.74 Å². The van der Waals surface area contributed by atoms with E-state index < -0.39 is 0 Å². The average Bonchev–Trinajstić information content (AvgIpc) is 2.06. The highest BCUT2D eigenvalue weighted by atomic mass is 79.9. The van der Waals surface area contributed by atoms with Crippen LogP contribution in [0.4, 0.5) is 0 Å². The van der Waals surface area contributed by atoms with Crippen LogP contribution in [0.2, 0.25) is 5.02 Å². The topological polar surface area (TPSA) is 9.23 Å². The molecule has 1 aromatic rings. The number of hydrogen-bond donors (Lipinski definition) is 0. The third kappa shape index (κ3) is 1.93. The number of ether oxygens (including phenoxy) is 1. The van der Waals surface area contributed by atoms with E-state index in [4.69, 9.17) is 16.3 Å². The van der Waals surface area contributed by atoms with Crippen molar-refractivity contribution in [2.24, 2.45) is 0 Å². The van der Waals surface area contributed by atoms with Crippen LogP contribution >= 0.6 is 27.5 Å². The number of hydrogen-bond acceptors (Lipinski definition) is 1. The standard InChI is InChI=1S/C9H10BrClO/c1-3-12-9-7(11)5-4-6(2)8(9)10/h4-5H,3H2,1-2H3. The number of aryl methyl sites for hydroxylation is 1. The molecule has 0 aromatic heterocycles. The van der Waals surface area contributed by atoms with Gasteiger partial charge >= 0.3 is 0 Å². The van der Waals surface area contributed by atoms with Gasteiger partial charge in [0.05, 0.1) is 16.1 Å². The lowest BCUT2D eigenvalue weighted by atomic mass is 10.2. The van der Waals surface area contributed by atoms with Gasteiger partial charge in [-0.05, 0) is 41.4 Å². The van der Waals surface area contributed by atoms with Gasteiger partial charge in [0.25, 0.3) is 0 Å². The van der Waals surface area contributed by atoms with Crippen molar-refractivity contribution in [1.82, 2.24) is 0 Å². The predicted octanol–water partition coefficient (Wildman–Crippen LogP) is 3.81. The molecule has 0 atom stereocenters. The summed E-state index contributed by atoms with van der Waals surface area (Å²) in [5.74, 6) is 0.735. The Bertz CT molecular complexity index is 286. The zero-order chi connectivity index (χ0) is 9.14. The first-order chi connectivity index (χ1) is 5.66. The van der Waals surface area contributed by atoms with Crippen LogP contribution in [-0.4, -0.2) is 6.61 Å². The van der Waals surface area contributed by atoms with E-state index in [0.29, 0.717) is 11.6 Å². The molecule has 0 spiro atoms. The van der Waals surface area contributed by atoms with Crippen molar-refractivity contribution < 1.29 is 4.74 Å². The van der Waals surface area contributed by atoms with Gasteiger partial charge in [-0.15, -0.1) is 0 Å². The first-order valence-electron chi connectivity index (χ1n) is 3.74. The van der Waals surface area contributed by atoms with E-state index in [1.54, 1.807) is 0 Å². The molecule has 66 valence electrons. The zero-order valence-corrected chi connectivity index (χ0v) is 9.37. The molecule has 0 saturated carbocycles. The second-order valence-corrected chi connectivity index (χ2v) is 3.64. The maximum Gasteiger partial charge on any atom is 0.152 e. The van der Waals surface area contributed by atoms with Gasteiger partial charge in [-0.1, -0.05) is 17.7 Å². The zero-order valence-electron chi connectivity index (χ0n) is 7.03. The van der Waals surface area contributed by atoms with E-state index in [1.165, 1.54) is 0 Å². The molecule has 0 radical (unpaired) electrons. The molecule has 0 unspecified atom stereocenters. The Morgan fingerprint density at radius 2 is 2.17 bits per heavy atom. The molecular weight excluding hydrogens is 239 g/mol. The summed E-state index contributed by atoms with van der Waals surface area (Å²) in [5, 5.41) is 0.648. The molecule has 0 aliphatic heterocycles. The summed E-state index contributed by atoms with van der Waals surface area (Å²) in [5.41, 5.74) is 1.13. The molecule has 3 heteroatoms. The Morgan fingerprint density at radius 3 is 2.75 bits per heavy atom. The van der Waals surface area contributed by atoms with Gasteiger partial charge in [0.15, 0.2) is 5.75 Å². The molecule has 0 bridgehead atoms. The molecule has 0 heterocycles. The summed E-state index contributed by atoms with van der Waals surface area (Å²) < 4.78 is 6.31. The molecule has 0 aliphatic rings. The fraction of sp³-hybridized carbons (Fsp3) is 0.333. The van der Waals surface area contributed by atoms with Crippen molar-refractivity contribution in [1.29, 1.82) is 0 Å². The van der Waals surface area contributed by atoms with Crippen molar-refractivity contribution in [2.75, 3.05) is 6.61 Å². The van der Waals surface area contributed by atoms with Gasteiger partial charge in [0.1, 0.15) is 0 Å². The van der Waals surface area contributed by atoms with E-state index in [1.807, 2.05) is 26.0 Å². The Balaban J connectivity index is 3.14. The van der Waals surface area contributed by atoms with E-state index in [0.717, 1.165) is 15.8 Å². The maximum absolute atomic E-state index is 5.93. The van der Waals surface area contributed by atoms with E-state index in [-0.39, 0.29) is 0 Å². The molecule has 0 fully saturated rings. The van der Waals surface area contributed by atoms with Crippen molar-refractivity contribution in [3.05, 3.63) is 27.2 Å². The minimum atomic E-state index is 0.627. The highest BCUT2D eigenvalue weighted by Crippen LogP contribution is 2.35. The van der Waals surface area contributed by atoms with Crippen molar-refractivity contribution in [3.8, 4) is 5.75 Å². The lowest BCUT2D eigenvalue weighted by Crippen LogP contribution is -1.94. The van der Waals surface area contributed by atoms with Crippen LogP contribution in [0.25, 0.3) is 0 Å². The first-order valence-corrected chi connectivity index (χ1v) is 4.91. The fourth-order valence-corrected chi connectivity index (χ4v) is 1.69. The molecule has 1 nitrogen and oxygen atoms in total. The highest BCUT2D eigenvalue weighted by molar-refractivity contribution is 9.10. The van der Waals surface area contributed by atoms with Crippen molar-refractivity contribution in [3.63, 3.8) is 0 Å². The summed E-state index contributed by atoms with van der Waals surface area (Å²) in [6, 6.07) is 3.79. The minimum absolute atomic E-state index is 0.627. The van der Waals surface area contributed by atoms with Crippen LogP contribution in [0.3, 0.4) is 0 Å². The minimum Gasteiger partial charge on any atom is -0.491 e. The van der Waals surface area contributed by atoms with Crippen LogP contribution in [-0.2, 0) is 0 Å². The molecule has 0 saturated heterocycles.